The first kappa shape index (κ1) is 12.3. The van der Waals surface area contributed by atoms with Crippen molar-refractivity contribution in [1.29, 1.82) is 0 Å². The Bertz CT molecular complexity index is 256. The molecular formula is C12H20O3. The Kier molecular flexibility index (Phi) is 4.36. The summed E-state index contributed by atoms with van der Waals surface area (Å²) in [6.07, 6.45) is 4.63. The first-order valence-electron chi connectivity index (χ1n) is 5.44. The Morgan fingerprint density at radius 2 is 2.00 bits per heavy atom. The average Bonchev–Trinajstić information content (AvgIpc) is 2.49. The van der Waals surface area contributed by atoms with Crippen LogP contribution in [0.5, 0.6) is 0 Å². The van der Waals surface area contributed by atoms with Crippen LogP contribution in [0.4, 0.5) is 0 Å². The second-order valence-electron chi connectivity index (χ2n) is 3.68. The smallest absolute Gasteiger partial charge is 0.330 e. The molecule has 0 amide bonds. The van der Waals surface area contributed by atoms with Gasteiger partial charge in [-0.15, -0.1) is 0 Å². The highest BCUT2D eigenvalue weighted by molar-refractivity contribution is 5.19. The van der Waals surface area contributed by atoms with Gasteiger partial charge in [-0.3, -0.25) is 0 Å². The third kappa shape index (κ3) is 3.36. The van der Waals surface area contributed by atoms with Crippen molar-refractivity contribution in [3.05, 3.63) is 23.5 Å². The predicted molar refractivity (Wildman–Crippen MR) is 59.2 cm³/mol. The molecule has 3 heteroatoms. The molecule has 1 heterocycles. The molecule has 0 aromatic carbocycles. The zero-order valence-electron chi connectivity index (χ0n) is 10.0. The largest absolute Gasteiger partial charge is 0.439 e. The zero-order valence-corrected chi connectivity index (χ0v) is 10.0. The van der Waals surface area contributed by atoms with Crippen molar-refractivity contribution in [2.24, 2.45) is 0 Å². The van der Waals surface area contributed by atoms with Crippen molar-refractivity contribution < 1.29 is 14.2 Å². The molecule has 0 radical (unpaired) electrons. The summed E-state index contributed by atoms with van der Waals surface area (Å²) in [7, 11) is 0. The first-order valence-corrected chi connectivity index (χ1v) is 5.44. The summed E-state index contributed by atoms with van der Waals surface area (Å²) in [6.45, 7) is 9.09. The summed E-state index contributed by atoms with van der Waals surface area (Å²) in [4.78, 5) is 0. The van der Waals surface area contributed by atoms with Gasteiger partial charge in [0.05, 0.1) is 19.6 Å². The SMILES string of the molecule is CCOC1(OCC)CC=C(C=C(C)C)O1. The van der Waals surface area contributed by atoms with Crippen LogP contribution in [0.1, 0.15) is 34.1 Å². The van der Waals surface area contributed by atoms with Crippen molar-refractivity contribution in [1.82, 2.24) is 0 Å². The topological polar surface area (TPSA) is 27.7 Å². The van der Waals surface area contributed by atoms with E-state index in [9.17, 15) is 0 Å². The maximum Gasteiger partial charge on any atom is 0.330 e. The highest BCUT2D eigenvalue weighted by atomic mass is 16.9. The third-order valence-electron chi connectivity index (χ3n) is 1.99. The summed E-state index contributed by atoms with van der Waals surface area (Å²) in [5.41, 5.74) is 1.20. The molecule has 0 unspecified atom stereocenters. The normalized spacial score (nSPS) is 18.3. The molecule has 0 spiro atoms. The molecule has 86 valence electrons. The van der Waals surface area contributed by atoms with Crippen LogP contribution in [0, 0.1) is 0 Å². The van der Waals surface area contributed by atoms with Gasteiger partial charge in [0.2, 0.25) is 0 Å². The molecule has 1 rings (SSSR count). The van der Waals surface area contributed by atoms with Gasteiger partial charge in [0, 0.05) is 0 Å². The van der Waals surface area contributed by atoms with Crippen LogP contribution in [0.25, 0.3) is 0 Å². The van der Waals surface area contributed by atoms with E-state index in [0.717, 1.165) is 5.76 Å². The Morgan fingerprint density at radius 3 is 2.47 bits per heavy atom. The van der Waals surface area contributed by atoms with Gasteiger partial charge >= 0.3 is 5.97 Å². The summed E-state index contributed by atoms with van der Waals surface area (Å²) in [5, 5.41) is 0. The van der Waals surface area contributed by atoms with Crippen LogP contribution in [0.2, 0.25) is 0 Å². The van der Waals surface area contributed by atoms with E-state index < -0.39 is 5.97 Å². The average molecular weight is 212 g/mol. The minimum atomic E-state index is -0.884. The fraction of sp³-hybridized carbons (Fsp3) is 0.667. The Balaban J connectivity index is 2.63. The zero-order chi connectivity index (χ0) is 11.3. The van der Waals surface area contributed by atoms with Crippen LogP contribution in [-0.4, -0.2) is 19.2 Å². The second kappa shape index (κ2) is 5.33. The molecule has 0 aromatic rings. The van der Waals surface area contributed by atoms with Crippen molar-refractivity contribution in [2.45, 2.75) is 40.1 Å². The fourth-order valence-electron chi connectivity index (χ4n) is 1.52. The minimum absolute atomic E-state index is 0.579. The van der Waals surface area contributed by atoms with E-state index >= 15 is 0 Å². The van der Waals surface area contributed by atoms with Crippen LogP contribution in [0.15, 0.2) is 23.5 Å². The van der Waals surface area contributed by atoms with Crippen LogP contribution >= 0.6 is 0 Å². The van der Waals surface area contributed by atoms with Gasteiger partial charge in [-0.1, -0.05) is 5.57 Å². The van der Waals surface area contributed by atoms with Gasteiger partial charge in [0.1, 0.15) is 5.76 Å². The van der Waals surface area contributed by atoms with Gasteiger partial charge in [-0.25, -0.2) is 0 Å². The van der Waals surface area contributed by atoms with E-state index in [1.165, 1.54) is 5.57 Å². The van der Waals surface area contributed by atoms with Gasteiger partial charge in [-0.2, -0.15) is 0 Å². The lowest BCUT2D eigenvalue weighted by Gasteiger charge is -2.28. The molecule has 15 heavy (non-hydrogen) atoms. The maximum atomic E-state index is 5.68. The van der Waals surface area contributed by atoms with Crippen LogP contribution < -0.4 is 0 Å². The second-order valence-corrected chi connectivity index (χ2v) is 3.68. The number of hydrogen-bond acceptors (Lipinski definition) is 3. The maximum absolute atomic E-state index is 5.68. The molecule has 0 atom stereocenters. The monoisotopic (exact) mass is 212 g/mol. The van der Waals surface area contributed by atoms with Gasteiger partial charge < -0.3 is 14.2 Å². The minimum Gasteiger partial charge on any atom is -0.439 e. The molecule has 0 saturated heterocycles. The van der Waals surface area contributed by atoms with Gasteiger partial charge in [0.25, 0.3) is 0 Å². The number of allylic oxidation sites excluding steroid dienone is 2. The lowest BCUT2D eigenvalue weighted by molar-refractivity contribution is -0.351. The molecule has 3 nitrogen and oxygen atoms in total. The lowest BCUT2D eigenvalue weighted by Crippen LogP contribution is -2.35. The molecule has 1 aliphatic rings. The highest BCUT2D eigenvalue weighted by Crippen LogP contribution is 2.31. The molecule has 0 bridgehead atoms. The number of rotatable bonds is 5. The Hall–Kier alpha value is -0.800. The number of ether oxygens (including phenoxy) is 3. The van der Waals surface area contributed by atoms with Gasteiger partial charge in [-0.05, 0) is 39.8 Å². The molecule has 0 N–H and O–H groups in total. The molecule has 0 aromatic heterocycles. The highest BCUT2D eigenvalue weighted by Gasteiger charge is 2.37. The Morgan fingerprint density at radius 1 is 1.40 bits per heavy atom. The van der Waals surface area contributed by atoms with E-state index in [2.05, 4.69) is 0 Å². The van der Waals surface area contributed by atoms with Crippen LogP contribution in [-0.2, 0) is 14.2 Å². The molecule has 0 fully saturated rings. The summed E-state index contributed by atoms with van der Waals surface area (Å²) < 4.78 is 16.7. The Labute approximate surface area is 91.7 Å². The summed E-state index contributed by atoms with van der Waals surface area (Å²) in [6, 6.07) is 0. The van der Waals surface area contributed by atoms with E-state index in [1.807, 2.05) is 39.8 Å². The standard InChI is InChI=1S/C12H20O3/c1-5-13-12(14-6-2)8-7-11(15-12)9-10(3)4/h7,9H,5-6,8H2,1-4H3. The number of hydrogen-bond donors (Lipinski definition) is 0. The van der Waals surface area contributed by atoms with Crippen molar-refractivity contribution >= 4 is 0 Å². The quantitative estimate of drug-likeness (QED) is 0.656. The van der Waals surface area contributed by atoms with Crippen LogP contribution in [0.3, 0.4) is 0 Å². The fourth-order valence-corrected chi connectivity index (χ4v) is 1.52. The van der Waals surface area contributed by atoms with E-state index in [0.29, 0.717) is 19.6 Å². The summed E-state index contributed by atoms with van der Waals surface area (Å²) >= 11 is 0. The molecule has 0 saturated carbocycles. The van der Waals surface area contributed by atoms with E-state index in [1.54, 1.807) is 0 Å². The third-order valence-corrected chi connectivity index (χ3v) is 1.99. The van der Waals surface area contributed by atoms with E-state index in [-0.39, 0.29) is 0 Å². The first-order chi connectivity index (χ1) is 7.12. The summed E-state index contributed by atoms with van der Waals surface area (Å²) in [5.74, 6) is -0.0537. The predicted octanol–water partition coefficient (Wildman–Crippen LogP) is 2.98. The lowest BCUT2D eigenvalue weighted by atomic mass is 10.3. The molecule has 1 aliphatic heterocycles. The van der Waals surface area contributed by atoms with Gasteiger partial charge in [0.15, 0.2) is 0 Å². The van der Waals surface area contributed by atoms with E-state index in [4.69, 9.17) is 14.2 Å². The molecular weight excluding hydrogens is 192 g/mol. The van der Waals surface area contributed by atoms with Crippen molar-refractivity contribution in [2.75, 3.05) is 13.2 Å². The van der Waals surface area contributed by atoms with Crippen molar-refractivity contribution in [3.63, 3.8) is 0 Å². The molecule has 0 aliphatic carbocycles. The van der Waals surface area contributed by atoms with Crippen molar-refractivity contribution in [3.8, 4) is 0 Å².